The van der Waals surface area contributed by atoms with Gasteiger partial charge >= 0.3 is 5.97 Å². The average molecular weight is 242 g/mol. The molecule has 0 atom stereocenters. The normalized spacial score (nSPS) is 10.1. The fourth-order valence-corrected chi connectivity index (χ4v) is 1.53. The number of carbonyl (C=O) groups excluding carboxylic acids is 1. The number of esters is 1. The molecule has 0 aliphatic carbocycles. The molecule has 0 unspecified atom stereocenters. The molecule has 0 spiro atoms. The molecule has 18 heavy (non-hydrogen) atoms. The van der Waals surface area contributed by atoms with Gasteiger partial charge in [-0.15, -0.1) is 0 Å². The Hall–Kier alpha value is -2.23. The summed E-state index contributed by atoms with van der Waals surface area (Å²) in [7, 11) is 0. The molecule has 0 amide bonds. The minimum absolute atomic E-state index is 0.252. The summed E-state index contributed by atoms with van der Waals surface area (Å²) < 4.78 is 5.22. The Bertz CT molecular complexity index is 553. The van der Waals surface area contributed by atoms with Crippen LogP contribution in [0.25, 0.3) is 0 Å². The predicted molar refractivity (Wildman–Crippen MR) is 67.1 cm³/mol. The molecule has 0 aliphatic heterocycles. The Morgan fingerprint density at radius 3 is 2.67 bits per heavy atom. The molecule has 2 aromatic rings. The van der Waals surface area contributed by atoms with Crippen LogP contribution in [0, 0.1) is 13.8 Å². The molecular formula is C14H14N2O2. The first-order chi connectivity index (χ1) is 8.66. The molecule has 0 N–H and O–H groups in total. The van der Waals surface area contributed by atoms with Crippen molar-refractivity contribution in [1.29, 1.82) is 0 Å². The molecular weight excluding hydrogens is 228 g/mol. The first kappa shape index (κ1) is 12.2. The van der Waals surface area contributed by atoms with E-state index in [2.05, 4.69) is 9.97 Å². The first-order valence-corrected chi connectivity index (χ1v) is 5.68. The van der Waals surface area contributed by atoms with Crippen LogP contribution in [0.15, 0.2) is 36.5 Å². The van der Waals surface area contributed by atoms with Gasteiger partial charge in [0.05, 0.1) is 0 Å². The van der Waals surface area contributed by atoms with Crippen molar-refractivity contribution >= 4 is 5.97 Å². The van der Waals surface area contributed by atoms with E-state index in [4.69, 9.17) is 4.74 Å². The lowest BCUT2D eigenvalue weighted by Gasteiger charge is -2.06. The van der Waals surface area contributed by atoms with Gasteiger partial charge in [-0.3, -0.25) is 0 Å². The van der Waals surface area contributed by atoms with Crippen molar-refractivity contribution in [2.24, 2.45) is 0 Å². The van der Waals surface area contributed by atoms with Crippen LogP contribution in [0.5, 0.6) is 0 Å². The number of nitrogens with zero attached hydrogens (tertiary/aromatic N) is 2. The van der Waals surface area contributed by atoms with Crippen LogP contribution in [-0.4, -0.2) is 15.9 Å². The van der Waals surface area contributed by atoms with Gasteiger partial charge in [-0.25, -0.2) is 14.8 Å². The zero-order chi connectivity index (χ0) is 13.0. The summed E-state index contributed by atoms with van der Waals surface area (Å²) in [5.74, 6) is 0.147. The van der Waals surface area contributed by atoms with Gasteiger partial charge < -0.3 is 4.74 Å². The van der Waals surface area contributed by atoms with E-state index in [1.807, 2.05) is 30.3 Å². The zero-order valence-corrected chi connectivity index (χ0v) is 10.4. The SMILES string of the molecule is Cc1ncc(C)c(C(=O)OCc2ccccc2)n1. The van der Waals surface area contributed by atoms with Crippen LogP contribution in [-0.2, 0) is 11.3 Å². The summed E-state index contributed by atoms with van der Waals surface area (Å²) in [6, 6.07) is 9.55. The number of hydrogen-bond acceptors (Lipinski definition) is 4. The van der Waals surface area contributed by atoms with Gasteiger partial charge in [0.1, 0.15) is 12.4 Å². The maximum atomic E-state index is 11.9. The number of aromatic nitrogens is 2. The lowest BCUT2D eigenvalue weighted by molar-refractivity contribution is 0.0464. The van der Waals surface area contributed by atoms with E-state index in [0.29, 0.717) is 11.5 Å². The van der Waals surface area contributed by atoms with Crippen LogP contribution < -0.4 is 0 Å². The molecule has 0 saturated heterocycles. The summed E-state index contributed by atoms with van der Waals surface area (Å²) >= 11 is 0. The van der Waals surface area contributed by atoms with E-state index in [-0.39, 0.29) is 6.61 Å². The van der Waals surface area contributed by atoms with Crippen molar-refractivity contribution in [3.8, 4) is 0 Å². The third kappa shape index (κ3) is 2.91. The third-order valence-corrected chi connectivity index (χ3v) is 2.50. The number of rotatable bonds is 3. The molecule has 0 radical (unpaired) electrons. The van der Waals surface area contributed by atoms with Crippen molar-refractivity contribution in [3.05, 3.63) is 59.2 Å². The van der Waals surface area contributed by atoms with Gasteiger partial charge in [0, 0.05) is 11.8 Å². The average Bonchev–Trinajstić information content (AvgIpc) is 2.40. The highest BCUT2D eigenvalue weighted by Gasteiger charge is 2.13. The summed E-state index contributed by atoms with van der Waals surface area (Å²) in [5, 5.41) is 0. The van der Waals surface area contributed by atoms with Gasteiger partial charge in [-0.1, -0.05) is 30.3 Å². The Morgan fingerprint density at radius 1 is 1.22 bits per heavy atom. The van der Waals surface area contributed by atoms with Crippen molar-refractivity contribution in [3.63, 3.8) is 0 Å². The van der Waals surface area contributed by atoms with E-state index in [1.54, 1.807) is 20.0 Å². The summed E-state index contributed by atoms with van der Waals surface area (Å²) in [6.07, 6.45) is 1.63. The minimum atomic E-state index is -0.415. The molecule has 1 heterocycles. The van der Waals surface area contributed by atoms with Gasteiger partial charge in [0.15, 0.2) is 5.69 Å². The molecule has 0 fully saturated rings. The lowest BCUT2D eigenvalue weighted by atomic mass is 10.2. The number of benzene rings is 1. The Balaban J connectivity index is 2.06. The number of carbonyl (C=O) groups is 1. The van der Waals surface area contributed by atoms with Crippen LogP contribution in [0.2, 0.25) is 0 Å². The van der Waals surface area contributed by atoms with Crippen LogP contribution in [0.3, 0.4) is 0 Å². The Morgan fingerprint density at radius 2 is 1.94 bits per heavy atom. The maximum Gasteiger partial charge on any atom is 0.357 e. The quantitative estimate of drug-likeness (QED) is 0.776. The van der Waals surface area contributed by atoms with Gasteiger partial charge in [0.2, 0.25) is 0 Å². The maximum absolute atomic E-state index is 11.9. The highest BCUT2D eigenvalue weighted by atomic mass is 16.5. The summed E-state index contributed by atoms with van der Waals surface area (Å²) in [4.78, 5) is 20.0. The molecule has 4 heteroatoms. The van der Waals surface area contributed by atoms with E-state index < -0.39 is 5.97 Å². The Kier molecular flexibility index (Phi) is 3.67. The highest BCUT2D eigenvalue weighted by Crippen LogP contribution is 2.08. The smallest absolute Gasteiger partial charge is 0.357 e. The second-order valence-corrected chi connectivity index (χ2v) is 4.01. The molecule has 92 valence electrons. The molecule has 1 aromatic carbocycles. The van der Waals surface area contributed by atoms with E-state index in [1.165, 1.54) is 0 Å². The third-order valence-electron chi connectivity index (χ3n) is 2.50. The summed E-state index contributed by atoms with van der Waals surface area (Å²) in [5.41, 5.74) is 2.01. The molecule has 2 rings (SSSR count). The fourth-order valence-electron chi connectivity index (χ4n) is 1.53. The largest absolute Gasteiger partial charge is 0.456 e. The second-order valence-electron chi connectivity index (χ2n) is 4.01. The van der Waals surface area contributed by atoms with Crippen LogP contribution >= 0.6 is 0 Å². The second kappa shape index (κ2) is 5.40. The van der Waals surface area contributed by atoms with E-state index >= 15 is 0 Å². The monoisotopic (exact) mass is 242 g/mol. The molecule has 4 nitrogen and oxygen atoms in total. The molecule has 0 saturated carbocycles. The van der Waals surface area contributed by atoms with Crippen LogP contribution in [0.4, 0.5) is 0 Å². The van der Waals surface area contributed by atoms with Crippen LogP contribution in [0.1, 0.15) is 27.4 Å². The number of aryl methyl sites for hydroxylation is 2. The number of ether oxygens (including phenoxy) is 1. The highest BCUT2D eigenvalue weighted by molar-refractivity contribution is 5.88. The van der Waals surface area contributed by atoms with Gasteiger partial charge in [0.25, 0.3) is 0 Å². The lowest BCUT2D eigenvalue weighted by Crippen LogP contribution is -2.11. The van der Waals surface area contributed by atoms with E-state index in [9.17, 15) is 4.79 Å². The van der Waals surface area contributed by atoms with Crippen molar-refractivity contribution in [1.82, 2.24) is 9.97 Å². The van der Waals surface area contributed by atoms with Crippen molar-refractivity contribution in [2.75, 3.05) is 0 Å². The standard InChI is InChI=1S/C14H14N2O2/c1-10-8-15-11(2)16-13(10)14(17)18-9-12-6-4-3-5-7-12/h3-8H,9H2,1-2H3. The predicted octanol–water partition coefficient (Wildman–Crippen LogP) is 2.45. The van der Waals surface area contributed by atoms with Crippen molar-refractivity contribution in [2.45, 2.75) is 20.5 Å². The Labute approximate surface area is 106 Å². The van der Waals surface area contributed by atoms with E-state index in [0.717, 1.165) is 11.1 Å². The topological polar surface area (TPSA) is 52.1 Å². The van der Waals surface area contributed by atoms with Gasteiger partial charge in [-0.05, 0) is 19.4 Å². The molecule has 1 aromatic heterocycles. The summed E-state index contributed by atoms with van der Waals surface area (Å²) in [6.45, 7) is 3.79. The van der Waals surface area contributed by atoms with Crippen molar-refractivity contribution < 1.29 is 9.53 Å². The first-order valence-electron chi connectivity index (χ1n) is 5.68. The zero-order valence-electron chi connectivity index (χ0n) is 10.4. The molecule has 0 aliphatic rings. The fraction of sp³-hybridized carbons (Fsp3) is 0.214. The van der Waals surface area contributed by atoms with Gasteiger partial charge in [-0.2, -0.15) is 0 Å². The molecule has 0 bridgehead atoms. The minimum Gasteiger partial charge on any atom is -0.456 e. The number of hydrogen-bond donors (Lipinski definition) is 0.